The number of carbonyl (C=O) groups is 3. The van der Waals surface area contributed by atoms with Crippen LogP contribution in [0.15, 0.2) is 24.3 Å². The highest BCUT2D eigenvalue weighted by molar-refractivity contribution is 6.02. The van der Waals surface area contributed by atoms with E-state index in [1.807, 2.05) is 0 Å². The third kappa shape index (κ3) is 3.14. The summed E-state index contributed by atoms with van der Waals surface area (Å²) >= 11 is 0. The van der Waals surface area contributed by atoms with Gasteiger partial charge in [-0.2, -0.15) is 0 Å². The standard InChI is InChI=1S/C14H16N2O4/c1-20-14(19)10-4-2-3-5-11(10)16-13(18)9-6-7-15-12(17)8-9/h2-5,9H,6-8H2,1H3,(H,15,17)(H,16,18). The maximum Gasteiger partial charge on any atom is 0.339 e. The lowest BCUT2D eigenvalue weighted by Gasteiger charge is -2.21. The quantitative estimate of drug-likeness (QED) is 0.805. The molecule has 2 rings (SSSR count). The number of nitrogens with one attached hydrogen (secondary N) is 2. The maximum absolute atomic E-state index is 12.1. The summed E-state index contributed by atoms with van der Waals surface area (Å²) in [6.45, 7) is 0.496. The van der Waals surface area contributed by atoms with Crippen LogP contribution in [0.2, 0.25) is 0 Å². The molecule has 106 valence electrons. The van der Waals surface area contributed by atoms with Gasteiger partial charge in [0.25, 0.3) is 0 Å². The van der Waals surface area contributed by atoms with E-state index in [1.165, 1.54) is 7.11 Å². The number of ether oxygens (including phenoxy) is 1. The van der Waals surface area contributed by atoms with Crippen LogP contribution >= 0.6 is 0 Å². The van der Waals surface area contributed by atoms with Crippen LogP contribution in [-0.2, 0) is 14.3 Å². The number of carbonyl (C=O) groups excluding carboxylic acids is 3. The van der Waals surface area contributed by atoms with Crippen LogP contribution in [0.5, 0.6) is 0 Å². The normalized spacial score (nSPS) is 18.1. The molecule has 1 heterocycles. The first kappa shape index (κ1) is 14.0. The average molecular weight is 276 g/mol. The van der Waals surface area contributed by atoms with Gasteiger partial charge < -0.3 is 15.4 Å². The van der Waals surface area contributed by atoms with Crippen LogP contribution in [0.25, 0.3) is 0 Å². The first-order chi connectivity index (χ1) is 9.61. The van der Waals surface area contributed by atoms with Gasteiger partial charge in [-0.15, -0.1) is 0 Å². The Kier molecular flexibility index (Phi) is 4.34. The molecule has 1 fully saturated rings. The summed E-state index contributed by atoms with van der Waals surface area (Å²) in [5.41, 5.74) is 0.693. The fourth-order valence-electron chi connectivity index (χ4n) is 2.12. The summed E-state index contributed by atoms with van der Waals surface area (Å²) in [7, 11) is 1.28. The van der Waals surface area contributed by atoms with Gasteiger partial charge in [0.1, 0.15) is 0 Å². The minimum atomic E-state index is -0.512. The van der Waals surface area contributed by atoms with Gasteiger partial charge in [-0.05, 0) is 18.6 Å². The van der Waals surface area contributed by atoms with Gasteiger partial charge in [0, 0.05) is 18.9 Å². The maximum atomic E-state index is 12.1. The molecular weight excluding hydrogens is 260 g/mol. The van der Waals surface area contributed by atoms with Crippen LogP contribution in [-0.4, -0.2) is 31.4 Å². The second kappa shape index (κ2) is 6.18. The molecule has 6 nitrogen and oxygen atoms in total. The zero-order chi connectivity index (χ0) is 14.5. The van der Waals surface area contributed by atoms with Crippen molar-refractivity contribution in [1.29, 1.82) is 0 Å². The van der Waals surface area contributed by atoms with E-state index in [0.717, 1.165) is 0 Å². The van der Waals surface area contributed by atoms with Crippen molar-refractivity contribution in [3.63, 3.8) is 0 Å². The van der Waals surface area contributed by atoms with Crippen LogP contribution in [0.3, 0.4) is 0 Å². The molecule has 0 radical (unpaired) electrons. The summed E-state index contributed by atoms with van der Waals surface area (Å²) in [5, 5.41) is 5.37. The SMILES string of the molecule is COC(=O)c1ccccc1NC(=O)C1CCNC(=O)C1. The number of hydrogen-bond donors (Lipinski definition) is 2. The largest absolute Gasteiger partial charge is 0.465 e. The van der Waals surface area contributed by atoms with E-state index in [0.29, 0.717) is 24.2 Å². The highest BCUT2D eigenvalue weighted by Gasteiger charge is 2.26. The summed E-state index contributed by atoms with van der Waals surface area (Å²) in [6, 6.07) is 6.62. The predicted octanol–water partition coefficient (Wildman–Crippen LogP) is 0.938. The lowest BCUT2D eigenvalue weighted by molar-refractivity contribution is -0.129. The summed E-state index contributed by atoms with van der Waals surface area (Å²) < 4.78 is 4.67. The molecule has 0 aromatic heterocycles. The molecule has 0 aliphatic carbocycles. The van der Waals surface area contributed by atoms with Crippen molar-refractivity contribution in [2.75, 3.05) is 19.0 Å². The van der Waals surface area contributed by atoms with Crippen molar-refractivity contribution >= 4 is 23.5 Å². The van der Waals surface area contributed by atoms with Gasteiger partial charge in [-0.25, -0.2) is 4.79 Å². The molecule has 1 saturated heterocycles. The molecule has 1 unspecified atom stereocenters. The number of esters is 1. The minimum absolute atomic E-state index is 0.127. The smallest absolute Gasteiger partial charge is 0.339 e. The Morgan fingerprint density at radius 3 is 2.80 bits per heavy atom. The molecule has 0 saturated carbocycles. The van der Waals surface area contributed by atoms with Crippen LogP contribution in [0, 0.1) is 5.92 Å². The second-order valence-corrected chi connectivity index (χ2v) is 4.57. The molecule has 20 heavy (non-hydrogen) atoms. The van der Waals surface area contributed by atoms with Gasteiger partial charge in [0.05, 0.1) is 18.4 Å². The van der Waals surface area contributed by atoms with Crippen molar-refractivity contribution in [3.05, 3.63) is 29.8 Å². The molecule has 1 atom stereocenters. The van der Waals surface area contributed by atoms with E-state index < -0.39 is 5.97 Å². The fraction of sp³-hybridized carbons (Fsp3) is 0.357. The van der Waals surface area contributed by atoms with Crippen LogP contribution in [0.4, 0.5) is 5.69 Å². The molecule has 1 aromatic carbocycles. The molecule has 2 amide bonds. The zero-order valence-corrected chi connectivity index (χ0v) is 11.1. The topological polar surface area (TPSA) is 84.5 Å². The van der Waals surface area contributed by atoms with Crippen molar-refractivity contribution in [3.8, 4) is 0 Å². The second-order valence-electron chi connectivity index (χ2n) is 4.57. The highest BCUT2D eigenvalue weighted by Crippen LogP contribution is 2.20. The first-order valence-corrected chi connectivity index (χ1v) is 6.36. The number of methoxy groups -OCH3 is 1. The van der Waals surface area contributed by atoms with Gasteiger partial charge in [-0.1, -0.05) is 12.1 Å². The van der Waals surface area contributed by atoms with Crippen LogP contribution < -0.4 is 10.6 Å². The average Bonchev–Trinajstić information content (AvgIpc) is 2.47. The number of rotatable bonds is 3. The molecule has 2 N–H and O–H groups in total. The van der Waals surface area contributed by atoms with Crippen molar-refractivity contribution in [1.82, 2.24) is 5.32 Å². The van der Waals surface area contributed by atoms with Crippen molar-refractivity contribution in [2.45, 2.75) is 12.8 Å². The lowest BCUT2D eigenvalue weighted by Crippen LogP contribution is -2.38. The van der Waals surface area contributed by atoms with E-state index in [-0.39, 0.29) is 24.2 Å². The summed E-state index contributed by atoms with van der Waals surface area (Å²) in [5.74, 6) is -1.26. The van der Waals surface area contributed by atoms with Crippen molar-refractivity contribution < 1.29 is 19.1 Å². The minimum Gasteiger partial charge on any atom is -0.465 e. The number of piperidine rings is 1. The molecule has 0 spiro atoms. The lowest BCUT2D eigenvalue weighted by atomic mass is 9.96. The van der Waals surface area contributed by atoms with E-state index in [1.54, 1.807) is 24.3 Å². The number of amides is 2. The monoisotopic (exact) mass is 276 g/mol. The summed E-state index contributed by atoms with van der Waals surface area (Å²) in [6.07, 6.45) is 0.768. The Hall–Kier alpha value is -2.37. The Balaban J connectivity index is 2.11. The summed E-state index contributed by atoms with van der Waals surface area (Å²) in [4.78, 5) is 35.0. The van der Waals surface area contributed by atoms with E-state index in [9.17, 15) is 14.4 Å². The number of anilines is 1. The van der Waals surface area contributed by atoms with Gasteiger partial charge in [0.2, 0.25) is 11.8 Å². The van der Waals surface area contributed by atoms with Gasteiger partial charge in [0.15, 0.2) is 0 Å². The van der Waals surface area contributed by atoms with E-state index in [4.69, 9.17) is 0 Å². The Bertz CT molecular complexity index is 542. The molecule has 1 aromatic rings. The molecule has 6 heteroatoms. The highest BCUT2D eigenvalue weighted by atomic mass is 16.5. The Morgan fingerprint density at radius 2 is 2.10 bits per heavy atom. The molecule has 1 aliphatic heterocycles. The number of para-hydroxylation sites is 1. The fourth-order valence-corrected chi connectivity index (χ4v) is 2.12. The third-order valence-electron chi connectivity index (χ3n) is 3.21. The molecular formula is C14H16N2O4. The predicted molar refractivity (Wildman–Crippen MR) is 72.1 cm³/mol. The Labute approximate surface area is 116 Å². The first-order valence-electron chi connectivity index (χ1n) is 6.36. The number of hydrogen-bond acceptors (Lipinski definition) is 4. The van der Waals surface area contributed by atoms with Gasteiger partial charge >= 0.3 is 5.97 Å². The van der Waals surface area contributed by atoms with Crippen LogP contribution in [0.1, 0.15) is 23.2 Å². The van der Waals surface area contributed by atoms with Crippen molar-refractivity contribution in [2.24, 2.45) is 5.92 Å². The number of benzene rings is 1. The van der Waals surface area contributed by atoms with E-state index in [2.05, 4.69) is 15.4 Å². The molecule has 0 bridgehead atoms. The van der Waals surface area contributed by atoms with Gasteiger partial charge in [-0.3, -0.25) is 9.59 Å². The van der Waals surface area contributed by atoms with E-state index >= 15 is 0 Å². The molecule has 1 aliphatic rings. The third-order valence-corrected chi connectivity index (χ3v) is 3.21. The Morgan fingerprint density at radius 1 is 1.35 bits per heavy atom. The zero-order valence-electron chi connectivity index (χ0n) is 11.1.